The Morgan fingerprint density at radius 1 is 1.75 bits per heavy atom. The highest BCUT2D eigenvalue weighted by molar-refractivity contribution is 5.85. The molecule has 1 fully saturated rings. The lowest BCUT2D eigenvalue weighted by molar-refractivity contribution is -0.145. The van der Waals surface area contributed by atoms with Gasteiger partial charge in [-0.05, 0) is 6.42 Å². The first-order valence-electron chi connectivity index (χ1n) is 3.84. The van der Waals surface area contributed by atoms with E-state index < -0.39 is 5.54 Å². The molecule has 66 valence electrons. The summed E-state index contributed by atoms with van der Waals surface area (Å²) in [6.45, 7) is 7.23. The van der Waals surface area contributed by atoms with Crippen molar-refractivity contribution in [2.75, 3.05) is 6.61 Å². The van der Waals surface area contributed by atoms with Gasteiger partial charge in [0.05, 0.1) is 0 Å². The Morgan fingerprint density at radius 2 is 2.42 bits per heavy atom. The van der Waals surface area contributed by atoms with Crippen molar-refractivity contribution >= 4 is 5.97 Å². The molecular formula is C9H13NO2. The molecule has 2 unspecified atom stereocenters. The zero-order valence-electron chi connectivity index (χ0n) is 6.95. The maximum Gasteiger partial charge on any atom is 0.327 e. The molecule has 0 aromatic carbocycles. The van der Waals surface area contributed by atoms with E-state index in [1.165, 1.54) is 6.08 Å². The van der Waals surface area contributed by atoms with Crippen LogP contribution in [0.3, 0.4) is 0 Å². The summed E-state index contributed by atoms with van der Waals surface area (Å²) in [7, 11) is 0. The minimum atomic E-state index is -0.801. The van der Waals surface area contributed by atoms with E-state index in [9.17, 15) is 4.79 Å². The van der Waals surface area contributed by atoms with Crippen LogP contribution in [0.15, 0.2) is 25.3 Å². The molecule has 0 amide bonds. The van der Waals surface area contributed by atoms with Gasteiger partial charge in [-0.15, -0.1) is 6.58 Å². The Kier molecular flexibility index (Phi) is 2.33. The second kappa shape index (κ2) is 3.11. The lowest BCUT2D eigenvalue weighted by atomic mass is 10.2. The van der Waals surface area contributed by atoms with Crippen LogP contribution in [0.2, 0.25) is 0 Å². The molecule has 3 nitrogen and oxygen atoms in total. The molecular weight excluding hydrogens is 154 g/mol. The van der Waals surface area contributed by atoms with Crippen molar-refractivity contribution in [2.24, 2.45) is 11.7 Å². The van der Waals surface area contributed by atoms with Crippen molar-refractivity contribution in [1.29, 1.82) is 0 Å². The SMILES string of the molecule is C=CCOC(=O)C1(N)CC1C=C. The number of nitrogens with two attached hydrogens (primary N) is 1. The van der Waals surface area contributed by atoms with Crippen molar-refractivity contribution in [3.8, 4) is 0 Å². The second-order valence-electron chi connectivity index (χ2n) is 2.97. The van der Waals surface area contributed by atoms with Crippen LogP contribution in [0, 0.1) is 5.92 Å². The average Bonchev–Trinajstić information content (AvgIpc) is 2.74. The third-order valence-electron chi connectivity index (χ3n) is 2.06. The van der Waals surface area contributed by atoms with Gasteiger partial charge in [-0.3, -0.25) is 4.79 Å². The van der Waals surface area contributed by atoms with Crippen molar-refractivity contribution < 1.29 is 9.53 Å². The topological polar surface area (TPSA) is 52.3 Å². The number of ether oxygens (including phenoxy) is 1. The fourth-order valence-electron chi connectivity index (χ4n) is 1.10. The Hall–Kier alpha value is -1.09. The molecule has 0 aromatic heterocycles. The number of hydrogen-bond acceptors (Lipinski definition) is 3. The second-order valence-corrected chi connectivity index (χ2v) is 2.97. The Balaban J connectivity index is 2.43. The largest absolute Gasteiger partial charge is 0.460 e. The van der Waals surface area contributed by atoms with Crippen LogP contribution in [0.1, 0.15) is 6.42 Å². The summed E-state index contributed by atoms with van der Waals surface area (Å²) < 4.78 is 4.82. The van der Waals surface area contributed by atoms with Crippen LogP contribution in [-0.2, 0) is 9.53 Å². The molecule has 2 N–H and O–H groups in total. The molecule has 3 heteroatoms. The molecule has 0 saturated heterocycles. The van der Waals surface area contributed by atoms with Gasteiger partial charge in [-0.2, -0.15) is 0 Å². The number of rotatable bonds is 4. The molecule has 0 heterocycles. The minimum Gasteiger partial charge on any atom is -0.460 e. The highest BCUT2D eigenvalue weighted by atomic mass is 16.5. The Labute approximate surface area is 71.9 Å². The molecule has 0 aliphatic heterocycles. The monoisotopic (exact) mass is 167 g/mol. The van der Waals surface area contributed by atoms with Gasteiger partial charge >= 0.3 is 5.97 Å². The van der Waals surface area contributed by atoms with E-state index in [1.54, 1.807) is 6.08 Å². The highest BCUT2D eigenvalue weighted by Crippen LogP contribution is 2.42. The Morgan fingerprint density at radius 3 is 2.83 bits per heavy atom. The normalized spacial score (nSPS) is 32.2. The van der Waals surface area contributed by atoms with Gasteiger partial charge in [0.25, 0.3) is 0 Å². The lowest BCUT2D eigenvalue weighted by Crippen LogP contribution is -2.36. The van der Waals surface area contributed by atoms with E-state index in [4.69, 9.17) is 10.5 Å². The summed E-state index contributed by atoms with van der Waals surface area (Å²) in [4.78, 5) is 11.2. The molecule has 1 rings (SSSR count). The van der Waals surface area contributed by atoms with Crippen molar-refractivity contribution in [1.82, 2.24) is 0 Å². The molecule has 0 aromatic rings. The molecule has 1 aliphatic rings. The van der Waals surface area contributed by atoms with E-state index in [1.807, 2.05) is 0 Å². The summed E-state index contributed by atoms with van der Waals surface area (Å²) in [5, 5.41) is 0. The average molecular weight is 167 g/mol. The van der Waals surface area contributed by atoms with Gasteiger partial charge in [0, 0.05) is 5.92 Å². The van der Waals surface area contributed by atoms with Crippen LogP contribution in [-0.4, -0.2) is 18.1 Å². The van der Waals surface area contributed by atoms with Crippen LogP contribution in [0.25, 0.3) is 0 Å². The van der Waals surface area contributed by atoms with E-state index in [0.717, 1.165) is 0 Å². The van der Waals surface area contributed by atoms with Crippen LogP contribution < -0.4 is 5.73 Å². The third kappa shape index (κ3) is 1.41. The first-order valence-corrected chi connectivity index (χ1v) is 3.84. The molecule has 0 radical (unpaired) electrons. The molecule has 0 bridgehead atoms. The molecule has 0 spiro atoms. The third-order valence-corrected chi connectivity index (χ3v) is 2.06. The first-order chi connectivity index (χ1) is 5.65. The quantitative estimate of drug-likeness (QED) is 0.493. The first kappa shape index (κ1) is 9.00. The number of esters is 1. The van der Waals surface area contributed by atoms with E-state index in [2.05, 4.69) is 13.2 Å². The van der Waals surface area contributed by atoms with Gasteiger partial charge in [0.2, 0.25) is 0 Å². The van der Waals surface area contributed by atoms with Crippen LogP contribution in [0.4, 0.5) is 0 Å². The zero-order chi connectivity index (χ0) is 9.19. The fourth-order valence-corrected chi connectivity index (χ4v) is 1.10. The summed E-state index contributed by atoms with van der Waals surface area (Å²) in [6.07, 6.45) is 3.86. The molecule has 2 atom stereocenters. The maximum atomic E-state index is 11.2. The van der Waals surface area contributed by atoms with Crippen LogP contribution in [0.5, 0.6) is 0 Å². The smallest absolute Gasteiger partial charge is 0.327 e. The van der Waals surface area contributed by atoms with Gasteiger partial charge in [-0.25, -0.2) is 0 Å². The van der Waals surface area contributed by atoms with Crippen LogP contribution >= 0.6 is 0 Å². The van der Waals surface area contributed by atoms with Crippen molar-refractivity contribution in [2.45, 2.75) is 12.0 Å². The highest BCUT2D eigenvalue weighted by Gasteiger charge is 2.56. The maximum absolute atomic E-state index is 11.2. The van der Waals surface area contributed by atoms with Gasteiger partial charge in [-0.1, -0.05) is 18.7 Å². The van der Waals surface area contributed by atoms with Crippen molar-refractivity contribution in [3.05, 3.63) is 25.3 Å². The lowest BCUT2D eigenvalue weighted by Gasteiger charge is -2.08. The number of carbonyl (C=O) groups excluding carboxylic acids is 1. The molecule has 12 heavy (non-hydrogen) atoms. The molecule has 1 saturated carbocycles. The number of hydrogen-bond donors (Lipinski definition) is 1. The summed E-state index contributed by atoms with van der Waals surface area (Å²) in [6, 6.07) is 0. The van der Waals surface area contributed by atoms with E-state index in [0.29, 0.717) is 6.42 Å². The summed E-state index contributed by atoms with van der Waals surface area (Å²) in [5.41, 5.74) is 4.90. The fraction of sp³-hybridized carbons (Fsp3) is 0.444. The number of carbonyl (C=O) groups is 1. The molecule has 1 aliphatic carbocycles. The predicted molar refractivity (Wildman–Crippen MR) is 46.4 cm³/mol. The predicted octanol–water partition coefficient (Wildman–Crippen LogP) is 0.619. The summed E-state index contributed by atoms with van der Waals surface area (Å²) in [5.74, 6) is -0.276. The van der Waals surface area contributed by atoms with Crippen molar-refractivity contribution in [3.63, 3.8) is 0 Å². The summed E-state index contributed by atoms with van der Waals surface area (Å²) >= 11 is 0. The minimum absolute atomic E-state index is 0.0785. The van der Waals surface area contributed by atoms with Gasteiger partial charge < -0.3 is 10.5 Å². The standard InChI is InChI=1S/C9H13NO2/c1-3-5-12-8(11)9(10)6-7(9)4-2/h3-4,7H,1-2,5-6,10H2. The van der Waals surface area contributed by atoms with E-state index >= 15 is 0 Å². The Bertz CT molecular complexity index is 225. The van der Waals surface area contributed by atoms with Gasteiger partial charge in [0.1, 0.15) is 12.1 Å². The van der Waals surface area contributed by atoms with Gasteiger partial charge in [0.15, 0.2) is 0 Å². The zero-order valence-corrected chi connectivity index (χ0v) is 6.95. The van der Waals surface area contributed by atoms with E-state index in [-0.39, 0.29) is 18.5 Å².